The molecule has 1 aliphatic rings. The topological polar surface area (TPSA) is 68.3 Å². The number of hydrogen-bond acceptors (Lipinski definition) is 5. The number of rotatable bonds is 4. The summed E-state index contributed by atoms with van der Waals surface area (Å²) in [6, 6.07) is 14.0. The zero-order chi connectivity index (χ0) is 19.8. The van der Waals surface area contributed by atoms with Crippen LogP contribution in [0.25, 0.3) is 21.3 Å². The van der Waals surface area contributed by atoms with Crippen LogP contribution in [0.15, 0.2) is 42.5 Å². The fourth-order valence-electron chi connectivity index (χ4n) is 3.93. The van der Waals surface area contributed by atoms with Gasteiger partial charge in [0.05, 0.1) is 41.9 Å². The van der Waals surface area contributed by atoms with Crippen molar-refractivity contribution in [3.05, 3.63) is 53.0 Å². The molecule has 1 aliphatic heterocycles. The molecule has 8 heteroatoms. The number of nitrogens with one attached hydrogen (secondary N) is 1. The van der Waals surface area contributed by atoms with Gasteiger partial charge in [-0.3, -0.25) is 4.79 Å². The number of para-hydroxylation sites is 1. The molecular formula is C21H23N6OS+. The summed E-state index contributed by atoms with van der Waals surface area (Å²) < 4.78 is 3.08. The van der Waals surface area contributed by atoms with E-state index in [2.05, 4.69) is 28.5 Å². The molecule has 0 unspecified atom stereocenters. The number of fused-ring (bicyclic) bond motifs is 2. The molecule has 0 spiro atoms. The van der Waals surface area contributed by atoms with Crippen molar-refractivity contribution in [3.63, 3.8) is 0 Å². The number of aryl methyl sites for hydroxylation is 1. The van der Waals surface area contributed by atoms with Crippen molar-refractivity contribution in [3.8, 4) is 0 Å². The molecule has 0 atom stereocenters. The highest BCUT2D eigenvalue weighted by Gasteiger charge is 2.25. The number of aromatic nitrogens is 4. The van der Waals surface area contributed by atoms with Crippen molar-refractivity contribution in [1.82, 2.24) is 24.9 Å². The van der Waals surface area contributed by atoms with Crippen LogP contribution in [-0.2, 0) is 13.1 Å². The minimum Gasteiger partial charge on any atom is -0.327 e. The van der Waals surface area contributed by atoms with Crippen LogP contribution in [-0.4, -0.2) is 57.0 Å². The number of nitrogens with zero attached hydrogens (tertiary/aromatic N) is 5. The fourth-order valence-corrected chi connectivity index (χ4v) is 4.97. The highest BCUT2D eigenvalue weighted by molar-refractivity contribution is 7.18. The van der Waals surface area contributed by atoms with Crippen molar-refractivity contribution in [1.29, 1.82) is 0 Å². The monoisotopic (exact) mass is 407 g/mol. The third kappa shape index (κ3) is 3.49. The molecule has 1 fully saturated rings. The van der Waals surface area contributed by atoms with Crippen LogP contribution in [0.4, 0.5) is 0 Å². The van der Waals surface area contributed by atoms with Crippen molar-refractivity contribution in [2.24, 2.45) is 0 Å². The van der Waals surface area contributed by atoms with Gasteiger partial charge in [-0.25, -0.2) is 9.67 Å². The molecule has 5 rings (SSSR count). The molecule has 0 radical (unpaired) electrons. The largest absolute Gasteiger partial charge is 0.327 e. The number of hydrogen-bond donors (Lipinski definition) is 1. The van der Waals surface area contributed by atoms with E-state index in [1.807, 2.05) is 40.8 Å². The number of amides is 1. The van der Waals surface area contributed by atoms with Gasteiger partial charge in [0.1, 0.15) is 17.1 Å². The third-order valence-electron chi connectivity index (χ3n) is 5.56. The summed E-state index contributed by atoms with van der Waals surface area (Å²) in [6.07, 6.45) is 0. The van der Waals surface area contributed by atoms with Gasteiger partial charge in [0.15, 0.2) is 0 Å². The van der Waals surface area contributed by atoms with Crippen LogP contribution in [0.3, 0.4) is 0 Å². The molecule has 0 saturated carbocycles. The Hall–Kier alpha value is -2.84. The van der Waals surface area contributed by atoms with E-state index in [9.17, 15) is 4.79 Å². The summed E-state index contributed by atoms with van der Waals surface area (Å²) in [5, 5.41) is 9.48. The Balaban J connectivity index is 1.23. The Morgan fingerprint density at radius 2 is 1.97 bits per heavy atom. The highest BCUT2D eigenvalue weighted by Crippen LogP contribution is 2.21. The number of thiazole rings is 1. The Bertz CT molecular complexity index is 1140. The molecule has 2 aromatic heterocycles. The lowest BCUT2D eigenvalue weighted by molar-refractivity contribution is -0.917. The first-order chi connectivity index (χ1) is 14.2. The Kier molecular flexibility index (Phi) is 4.73. The number of quaternary nitrogens is 1. The first-order valence-corrected chi connectivity index (χ1v) is 10.8. The summed E-state index contributed by atoms with van der Waals surface area (Å²) in [4.78, 5) is 21.1. The Morgan fingerprint density at radius 1 is 1.14 bits per heavy atom. The van der Waals surface area contributed by atoms with Crippen LogP contribution < -0.4 is 4.90 Å². The lowest BCUT2D eigenvalue weighted by Crippen LogP contribution is -3.13. The van der Waals surface area contributed by atoms with Crippen LogP contribution in [0.2, 0.25) is 0 Å². The van der Waals surface area contributed by atoms with Crippen LogP contribution >= 0.6 is 11.3 Å². The minimum absolute atomic E-state index is 0.0805. The van der Waals surface area contributed by atoms with Crippen molar-refractivity contribution in [2.75, 3.05) is 26.2 Å². The van der Waals surface area contributed by atoms with Crippen LogP contribution in [0.1, 0.15) is 22.3 Å². The maximum atomic E-state index is 13.0. The predicted octanol–water partition coefficient (Wildman–Crippen LogP) is 1.60. The molecule has 1 amide bonds. The van der Waals surface area contributed by atoms with Gasteiger partial charge in [-0.15, -0.1) is 16.4 Å². The average Bonchev–Trinajstić information content (AvgIpc) is 3.36. The predicted molar refractivity (Wildman–Crippen MR) is 113 cm³/mol. The van der Waals surface area contributed by atoms with Gasteiger partial charge in [-0.1, -0.05) is 17.3 Å². The quantitative estimate of drug-likeness (QED) is 0.558. The Morgan fingerprint density at radius 3 is 2.76 bits per heavy atom. The molecule has 29 heavy (non-hydrogen) atoms. The second-order valence-electron chi connectivity index (χ2n) is 7.40. The summed E-state index contributed by atoms with van der Waals surface area (Å²) in [6.45, 7) is 7.13. The van der Waals surface area contributed by atoms with E-state index in [1.165, 1.54) is 14.6 Å². The van der Waals surface area contributed by atoms with E-state index in [-0.39, 0.29) is 5.91 Å². The van der Waals surface area contributed by atoms with Crippen molar-refractivity contribution >= 4 is 38.5 Å². The van der Waals surface area contributed by atoms with Crippen LogP contribution in [0, 0.1) is 0 Å². The zero-order valence-electron chi connectivity index (χ0n) is 16.3. The van der Waals surface area contributed by atoms with Gasteiger partial charge >= 0.3 is 0 Å². The summed E-state index contributed by atoms with van der Waals surface area (Å²) >= 11 is 1.77. The van der Waals surface area contributed by atoms with E-state index < -0.39 is 0 Å². The van der Waals surface area contributed by atoms with Gasteiger partial charge in [0.2, 0.25) is 0 Å². The van der Waals surface area contributed by atoms with Gasteiger partial charge < -0.3 is 9.80 Å². The molecule has 2 aromatic carbocycles. The highest BCUT2D eigenvalue weighted by atomic mass is 32.1. The second kappa shape index (κ2) is 7.53. The third-order valence-corrected chi connectivity index (χ3v) is 6.59. The van der Waals surface area contributed by atoms with E-state index in [0.29, 0.717) is 5.56 Å². The van der Waals surface area contributed by atoms with E-state index in [0.717, 1.165) is 55.8 Å². The fraction of sp³-hybridized carbons (Fsp3) is 0.333. The maximum Gasteiger partial charge on any atom is 0.254 e. The molecule has 0 bridgehead atoms. The maximum absolute atomic E-state index is 13.0. The van der Waals surface area contributed by atoms with Crippen molar-refractivity contribution in [2.45, 2.75) is 20.0 Å². The Labute approximate surface area is 172 Å². The second-order valence-corrected chi connectivity index (χ2v) is 8.52. The summed E-state index contributed by atoms with van der Waals surface area (Å²) in [5.74, 6) is 0.0805. The number of benzene rings is 2. The van der Waals surface area contributed by atoms with Gasteiger partial charge in [-0.05, 0) is 37.3 Å². The molecule has 148 valence electrons. The number of carbonyl (C=O) groups is 1. The summed E-state index contributed by atoms with van der Waals surface area (Å²) in [5.41, 5.74) is 3.51. The van der Waals surface area contributed by atoms with Crippen LogP contribution in [0.5, 0.6) is 0 Å². The molecular weight excluding hydrogens is 384 g/mol. The van der Waals surface area contributed by atoms with Gasteiger partial charge in [0, 0.05) is 12.1 Å². The number of carbonyl (C=O) groups excluding carboxylic acids is 1. The average molecular weight is 408 g/mol. The summed E-state index contributed by atoms with van der Waals surface area (Å²) in [7, 11) is 0. The van der Waals surface area contributed by atoms with E-state index in [1.54, 1.807) is 11.3 Å². The molecule has 1 saturated heterocycles. The molecule has 1 N–H and O–H groups in total. The first-order valence-electron chi connectivity index (χ1n) is 10.0. The SMILES string of the molecule is CCn1nnc2cc(C(=O)N3CC[NH+](Cc4nc5ccccc5s4)CC3)ccc21. The van der Waals surface area contributed by atoms with Gasteiger partial charge in [-0.2, -0.15) is 0 Å². The molecule has 0 aliphatic carbocycles. The molecule has 4 aromatic rings. The van der Waals surface area contributed by atoms with Crippen molar-refractivity contribution < 1.29 is 9.69 Å². The zero-order valence-corrected chi connectivity index (χ0v) is 17.2. The van der Waals surface area contributed by atoms with Gasteiger partial charge in [0.25, 0.3) is 5.91 Å². The normalized spacial score (nSPS) is 15.4. The smallest absolute Gasteiger partial charge is 0.254 e. The van der Waals surface area contributed by atoms with E-state index in [4.69, 9.17) is 4.98 Å². The first kappa shape index (κ1) is 18.2. The standard InChI is InChI=1S/C21H22N6OS/c1-2-27-18-8-7-15(13-17(18)23-24-27)21(28)26-11-9-25(10-12-26)14-20-22-16-5-3-4-6-19(16)29-20/h3-8,13H,2,9-12,14H2,1H3/p+1. The minimum atomic E-state index is 0.0805. The molecule has 7 nitrogen and oxygen atoms in total. The van der Waals surface area contributed by atoms with E-state index >= 15 is 0 Å². The lowest BCUT2D eigenvalue weighted by Gasteiger charge is -2.31. The lowest BCUT2D eigenvalue weighted by atomic mass is 10.1. The molecule has 3 heterocycles. The number of piperazine rings is 1.